The maximum Gasteiger partial charge on any atom is 0.174 e. The van der Waals surface area contributed by atoms with Crippen molar-refractivity contribution >= 4 is 23.0 Å². The van der Waals surface area contributed by atoms with Crippen LogP contribution in [-0.2, 0) is 0 Å². The minimum absolute atomic E-state index is 0.100. The molecular formula is C29H29FN4OS. The van der Waals surface area contributed by atoms with E-state index in [-0.39, 0.29) is 24.0 Å². The minimum Gasteiger partial charge on any atom is -0.491 e. The Hall–Kier alpha value is -3.71. The van der Waals surface area contributed by atoms with Gasteiger partial charge in [-0.15, -0.1) is 0 Å². The van der Waals surface area contributed by atoms with Gasteiger partial charge in [-0.1, -0.05) is 6.07 Å². The van der Waals surface area contributed by atoms with E-state index in [1.807, 2.05) is 56.3 Å². The average Bonchev–Trinajstić information content (AvgIpc) is 3.35. The van der Waals surface area contributed by atoms with Crippen molar-refractivity contribution < 1.29 is 9.13 Å². The quantitative estimate of drug-likeness (QED) is 0.303. The zero-order valence-corrected chi connectivity index (χ0v) is 21.6. The maximum absolute atomic E-state index is 13.6. The van der Waals surface area contributed by atoms with Gasteiger partial charge in [0, 0.05) is 29.0 Å². The molecule has 0 amide bonds. The first-order valence-corrected chi connectivity index (χ1v) is 12.5. The molecule has 1 aliphatic rings. The van der Waals surface area contributed by atoms with E-state index in [0.29, 0.717) is 5.11 Å². The van der Waals surface area contributed by atoms with Crippen molar-refractivity contribution in [1.82, 2.24) is 14.9 Å². The van der Waals surface area contributed by atoms with Crippen LogP contribution in [0.2, 0.25) is 0 Å². The Kier molecular flexibility index (Phi) is 6.49. The molecule has 4 aromatic rings. The van der Waals surface area contributed by atoms with Crippen LogP contribution in [0.1, 0.15) is 48.6 Å². The summed E-state index contributed by atoms with van der Waals surface area (Å²) in [6.45, 7) is 8.19. The molecule has 2 aromatic carbocycles. The Morgan fingerprint density at radius 1 is 0.972 bits per heavy atom. The number of pyridine rings is 1. The molecule has 7 heteroatoms. The molecule has 0 unspecified atom stereocenters. The fourth-order valence-electron chi connectivity index (χ4n) is 4.98. The zero-order valence-electron chi connectivity index (χ0n) is 20.8. The molecule has 0 bridgehead atoms. The van der Waals surface area contributed by atoms with Crippen LogP contribution in [0, 0.1) is 19.7 Å². The number of aryl methyl sites for hydroxylation is 1. The summed E-state index contributed by atoms with van der Waals surface area (Å²) in [6, 6.07) is 22.5. The van der Waals surface area contributed by atoms with Gasteiger partial charge < -0.3 is 19.5 Å². The third-order valence-corrected chi connectivity index (χ3v) is 6.77. The van der Waals surface area contributed by atoms with E-state index >= 15 is 0 Å². The Labute approximate surface area is 216 Å². The van der Waals surface area contributed by atoms with Crippen LogP contribution >= 0.6 is 12.2 Å². The summed E-state index contributed by atoms with van der Waals surface area (Å²) in [5, 5.41) is 4.16. The molecule has 5 nitrogen and oxygen atoms in total. The number of nitrogens with zero attached hydrogens (tertiary/aromatic N) is 3. The van der Waals surface area contributed by atoms with Crippen LogP contribution in [-0.4, -0.2) is 20.8 Å². The molecule has 0 spiro atoms. The van der Waals surface area contributed by atoms with Gasteiger partial charge in [0.1, 0.15) is 11.6 Å². The van der Waals surface area contributed by atoms with Gasteiger partial charge in [0.2, 0.25) is 0 Å². The normalized spacial score (nSPS) is 17.5. The van der Waals surface area contributed by atoms with Crippen molar-refractivity contribution in [2.75, 3.05) is 4.90 Å². The lowest BCUT2D eigenvalue weighted by Gasteiger charge is -2.28. The molecule has 36 heavy (non-hydrogen) atoms. The number of anilines is 1. The SMILES string of the molecule is Cc1cc([C@@H]2[C@H](c3ccccn3)NC(=S)N2c2ccc(OC(C)C)cc2)c(C)n1-c1ccc(F)cc1. The number of benzene rings is 2. The van der Waals surface area contributed by atoms with Crippen LogP contribution < -0.4 is 15.0 Å². The van der Waals surface area contributed by atoms with Crippen LogP contribution in [0.15, 0.2) is 79.0 Å². The number of halogens is 1. The van der Waals surface area contributed by atoms with Gasteiger partial charge in [-0.05, 0) is 112 Å². The van der Waals surface area contributed by atoms with Gasteiger partial charge in [0.05, 0.1) is 23.9 Å². The highest BCUT2D eigenvalue weighted by Crippen LogP contribution is 2.44. The van der Waals surface area contributed by atoms with Crippen LogP contribution in [0.4, 0.5) is 10.1 Å². The lowest BCUT2D eigenvalue weighted by molar-refractivity contribution is 0.242. The second kappa shape index (κ2) is 9.74. The summed E-state index contributed by atoms with van der Waals surface area (Å²) < 4.78 is 21.6. The van der Waals surface area contributed by atoms with Crippen molar-refractivity contribution in [3.63, 3.8) is 0 Å². The predicted octanol–water partition coefficient (Wildman–Crippen LogP) is 6.59. The zero-order chi connectivity index (χ0) is 25.4. The molecule has 5 rings (SSSR count). The monoisotopic (exact) mass is 500 g/mol. The first-order valence-electron chi connectivity index (χ1n) is 12.1. The second-order valence-electron chi connectivity index (χ2n) is 9.30. The Morgan fingerprint density at radius 3 is 2.31 bits per heavy atom. The Balaban J connectivity index is 1.62. The van der Waals surface area contributed by atoms with Gasteiger partial charge in [-0.3, -0.25) is 4.98 Å². The lowest BCUT2D eigenvalue weighted by Crippen LogP contribution is -2.29. The number of ether oxygens (including phenoxy) is 1. The summed E-state index contributed by atoms with van der Waals surface area (Å²) >= 11 is 5.88. The average molecular weight is 501 g/mol. The minimum atomic E-state index is -0.252. The number of aromatic nitrogens is 2. The highest BCUT2D eigenvalue weighted by molar-refractivity contribution is 7.80. The number of hydrogen-bond acceptors (Lipinski definition) is 3. The molecule has 1 fully saturated rings. The van der Waals surface area contributed by atoms with Crippen LogP contribution in [0.5, 0.6) is 5.75 Å². The van der Waals surface area contributed by atoms with Crippen molar-refractivity contribution in [2.24, 2.45) is 0 Å². The van der Waals surface area contributed by atoms with E-state index in [9.17, 15) is 4.39 Å². The van der Waals surface area contributed by atoms with Gasteiger partial charge >= 0.3 is 0 Å². The first-order chi connectivity index (χ1) is 17.3. The number of hydrogen-bond donors (Lipinski definition) is 1. The first kappa shape index (κ1) is 24.0. The smallest absolute Gasteiger partial charge is 0.174 e. The van der Waals surface area contributed by atoms with Crippen LogP contribution in [0.25, 0.3) is 5.69 Å². The van der Waals surface area contributed by atoms with Gasteiger partial charge in [-0.25, -0.2) is 4.39 Å². The number of nitrogens with one attached hydrogen (secondary N) is 1. The molecule has 2 atom stereocenters. The van der Waals surface area contributed by atoms with Gasteiger partial charge in [-0.2, -0.15) is 0 Å². The van der Waals surface area contributed by atoms with E-state index in [2.05, 4.69) is 39.7 Å². The molecule has 1 aliphatic heterocycles. The number of rotatable bonds is 6. The van der Waals surface area contributed by atoms with E-state index in [4.69, 9.17) is 17.0 Å². The molecular weight excluding hydrogens is 471 g/mol. The van der Waals surface area contributed by atoms with Crippen molar-refractivity contribution in [1.29, 1.82) is 0 Å². The van der Waals surface area contributed by atoms with Crippen molar-refractivity contribution in [3.8, 4) is 11.4 Å². The topological polar surface area (TPSA) is 42.3 Å². The molecule has 0 aliphatic carbocycles. The van der Waals surface area contributed by atoms with E-state index < -0.39 is 0 Å². The van der Waals surface area contributed by atoms with Crippen LogP contribution in [0.3, 0.4) is 0 Å². The number of thiocarbonyl (C=S) groups is 1. The fraction of sp³-hybridized carbons (Fsp3) is 0.241. The highest BCUT2D eigenvalue weighted by atomic mass is 32.1. The maximum atomic E-state index is 13.6. The summed E-state index contributed by atoms with van der Waals surface area (Å²) in [7, 11) is 0. The molecule has 184 valence electrons. The summed E-state index contributed by atoms with van der Waals surface area (Å²) in [4.78, 5) is 6.81. The molecule has 0 radical (unpaired) electrons. The van der Waals surface area contributed by atoms with Gasteiger partial charge in [0.25, 0.3) is 0 Å². The van der Waals surface area contributed by atoms with Gasteiger partial charge in [0.15, 0.2) is 5.11 Å². The predicted molar refractivity (Wildman–Crippen MR) is 145 cm³/mol. The lowest BCUT2D eigenvalue weighted by atomic mass is 9.96. The summed E-state index contributed by atoms with van der Waals surface area (Å²) in [5.74, 6) is 0.567. The standard InChI is InChI=1S/C29H29FN4OS/c1-18(2)35-24-14-12-23(13-15-24)34-28(27(32-29(34)36)26-7-5-6-16-31-26)25-17-19(3)33(20(25)4)22-10-8-21(30)9-11-22/h5-18,27-28H,1-4H3,(H,32,36)/t27-,28+/m0/s1. The van der Waals surface area contributed by atoms with Crippen molar-refractivity contribution in [3.05, 3.63) is 107 Å². The molecule has 1 saturated heterocycles. The largest absolute Gasteiger partial charge is 0.491 e. The fourth-order valence-corrected chi connectivity index (χ4v) is 5.33. The highest BCUT2D eigenvalue weighted by Gasteiger charge is 2.42. The molecule has 0 saturated carbocycles. The van der Waals surface area contributed by atoms with Crippen molar-refractivity contribution in [2.45, 2.75) is 45.9 Å². The summed E-state index contributed by atoms with van der Waals surface area (Å²) in [5.41, 5.74) is 6.07. The second-order valence-corrected chi connectivity index (χ2v) is 9.68. The molecule has 1 N–H and O–H groups in total. The Morgan fingerprint density at radius 2 is 1.67 bits per heavy atom. The van der Waals surface area contributed by atoms with E-state index in [1.54, 1.807) is 18.3 Å². The molecule has 3 heterocycles. The molecule has 2 aromatic heterocycles. The third-order valence-electron chi connectivity index (χ3n) is 6.46. The Bertz CT molecular complexity index is 1370. The third kappa shape index (κ3) is 4.46. The van der Waals surface area contributed by atoms with E-state index in [1.165, 1.54) is 12.1 Å². The van der Waals surface area contributed by atoms with E-state index in [0.717, 1.165) is 39.8 Å². The summed E-state index contributed by atoms with van der Waals surface area (Å²) in [6.07, 6.45) is 1.91.